The molecule has 0 heterocycles. The highest BCUT2D eigenvalue weighted by atomic mass is 16.5. The molecule has 0 spiro atoms. The third-order valence-electron chi connectivity index (χ3n) is 4.96. The number of hydrogen-bond donors (Lipinski definition) is 3. The van der Waals surface area contributed by atoms with E-state index in [0.29, 0.717) is 11.8 Å². The SMILES string of the molecule is O=C(O)C1(NO)C2CC3CC(C2)CC1C3. The maximum atomic E-state index is 11.4. The molecule has 4 heteroatoms. The Hall–Kier alpha value is -0.610. The van der Waals surface area contributed by atoms with Crippen LogP contribution in [0.4, 0.5) is 0 Å². The van der Waals surface area contributed by atoms with Gasteiger partial charge in [-0.25, -0.2) is 0 Å². The Balaban J connectivity index is 1.99. The molecule has 4 aliphatic carbocycles. The van der Waals surface area contributed by atoms with Crippen molar-refractivity contribution < 1.29 is 15.1 Å². The van der Waals surface area contributed by atoms with Crippen molar-refractivity contribution in [2.24, 2.45) is 23.7 Å². The lowest BCUT2D eigenvalue weighted by atomic mass is 9.49. The van der Waals surface area contributed by atoms with Crippen LogP contribution in [0.15, 0.2) is 0 Å². The zero-order valence-electron chi connectivity index (χ0n) is 8.65. The van der Waals surface area contributed by atoms with Crippen LogP contribution in [0.1, 0.15) is 32.1 Å². The third kappa shape index (κ3) is 1.06. The Bertz CT molecular complexity index is 274. The van der Waals surface area contributed by atoms with Crippen LogP contribution >= 0.6 is 0 Å². The molecule has 4 rings (SSSR count). The molecule has 4 nitrogen and oxygen atoms in total. The molecule has 4 saturated carbocycles. The molecular weight excluding hydrogens is 194 g/mol. The van der Waals surface area contributed by atoms with Crippen LogP contribution in [-0.2, 0) is 4.79 Å². The van der Waals surface area contributed by atoms with E-state index >= 15 is 0 Å². The highest BCUT2D eigenvalue weighted by molar-refractivity contribution is 5.80. The molecule has 0 unspecified atom stereocenters. The van der Waals surface area contributed by atoms with Gasteiger partial charge >= 0.3 is 5.97 Å². The molecule has 4 aliphatic rings. The maximum Gasteiger partial charge on any atom is 0.326 e. The lowest BCUT2D eigenvalue weighted by molar-refractivity contribution is -0.178. The van der Waals surface area contributed by atoms with Crippen molar-refractivity contribution >= 4 is 5.97 Å². The van der Waals surface area contributed by atoms with Crippen LogP contribution in [-0.4, -0.2) is 21.8 Å². The average Bonchev–Trinajstić information content (AvgIpc) is 2.16. The Kier molecular flexibility index (Phi) is 1.89. The Morgan fingerprint density at radius 1 is 1.07 bits per heavy atom. The number of hydrogen-bond acceptors (Lipinski definition) is 3. The van der Waals surface area contributed by atoms with Gasteiger partial charge in [-0.3, -0.25) is 4.79 Å². The highest BCUT2D eigenvalue weighted by Gasteiger charge is 2.61. The van der Waals surface area contributed by atoms with Gasteiger partial charge in [0.2, 0.25) is 0 Å². The van der Waals surface area contributed by atoms with Crippen molar-refractivity contribution in [2.45, 2.75) is 37.6 Å². The highest BCUT2D eigenvalue weighted by Crippen LogP contribution is 2.58. The lowest BCUT2D eigenvalue weighted by Crippen LogP contribution is -2.68. The van der Waals surface area contributed by atoms with E-state index < -0.39 is 11.5 Å². The van der Waals surface area contributed by atoms with E-state index in [-0.39, 0.29) is 11.8 Å². The molecule has 0 aromatic carbocycles. The number of aliphatic carboxylic acids is 1. The molecule has 0 aromatic rings. The monoisotopic (exact) mass is 211 g/mol. The second kappa shape index (κ2) is 2.95. The van der Waals surface area contributed by atoms with Crippen LogP contribution in [0, 0.1) is 23.7 Å². The Morgan fingerprint density at radius 2 is 1.53 bits per heavy atom. The summed E-state index contributed by atoms with van der Waals surface area (Å²) in [6.07, 6.45) is 5.20. The minimum atomic E-state index is -1.03. The van der Waals surface area contributed by atoms with Gasteiger partial charge < -0.3 is 10.3 Å². The van der Waals surface area contributed by atoms with Gasteiger partial charge in [-0.1, -0.05) is 0 Å². The molecule has 0 radical (unpaired) electrons. The zero-order chi connectivity index (χ0) is 10.6. The molecule has 0 amide bonds. The fourth-order valence-corrected chi connectivity index (χ4v) is 4.51. The van der Waals surface area contributed by atoms with Crippen molar-refractivity contribution in [3.63, 3.8) is 0 Å². The number of rotatable bonds is 2. The Labute approximate surface area is 88.6 Å². The van der Waals surface area contributed by atoms with Gasteiger partial charge in [0.05, 0.1) is 0 Å². The third-order valence-corrected chi connectivity index (χ3v) is 4.96. The van der Waals surface area contributed by atoms with Crippen molar-refractivity contribution in [1.82, 2.24) is 5.48 Å². The predicted molar refractivity (Wildman–Crippen MR) is 52.3 cm³/mol. The maximum absolute atomic E-state index is 11.4. The Morgan fingerprint density at radius 3 is 1.87 bits per heavy atom. The van der Waals surface area contributed by atoms with Crippen LogP contribution in [0.3, 0.4) is 0 Å². The number of carbonyl (C=O) groups is 1. The fraction of sp³-hybridized carbons (Fsp3) is 0.909. The van der Waals surface area contributed by atoms with Crippen molar-refractivity contribution in [2.75, 3.05) is 0 Å². The van der Waals surface area contributed by atoms with Gasteiger partial charge in [0.25, 0.3) is 0 Å². The molecule has 0 aliphatic heterocycles. The smallest absolute Gasteiger partial charge is 0.326 e. The second-order valence-corrected chi connectivity index (χ2v) is 5.59. The lowest BCUT2D eigenvalue weighted by Gasteiger charge is -2.58. The molecule has 0 aromatic heterocycles. The van der Waals surface area contributed by atoms with Crippen LogP contribution in [0.5, 0.6) is 0 Å². The van der Waals surface area contributed by atoms with E-state index in [1.807, 2.05) is 0 Å². The first-order valence-corrected chi connectivity index (χ1v) is 5.81. The summed E-state index contributed by atoms with van der Waals surface area (Å²) in [6, 6.07) is 0. The van der Waals surface area contributed by atoms with Gasteiger partial charge in [-0.2, -0.15) is 5.48 Å². The molecule has 15 heavy (non-hydrogen) atoms. The summed E-state index contributed by atoms with van der Waals surface area (Å²) in [5.41, 5.74) is 1.13. The van der Waals surface area contributed by atoms with Crippen LogP contribution < -0.4 is 5.48 Å². The first-order valence-electron chi connectivity index (χ1n) is 5.81. The standard InChI is InChI=1S/C11H17NO3/c13-10(14)11(12-15)8-2-6-1-7(4-8)5-9(11)3-6/h6-9,12,15H,1-5H2,(H,13,14). The molecule has 84 valence electrons. The van der Waals surface area contributed by atoms with Gasteiger partial charge in [-0.05, 0) is 55.8 Å². The van der Waals surface area contributed by atoms with Gasteiger partial charge in [0.15, 0.2) is 0 Å². The van der Waals surface area contributed by atoms with E-state index in [1.54, 1.807) is 0 Å². The van der Waals surface area contributed by atoms with Crippen LogP contribution in [0.2, 0.25) is 0 Å². The summed E-state index contributed by atoms with van der Waals surface area (Å²) >= 11 is 0. The minimum Gasteiger partial charge on any atom is -0.480 e. The molecule has 4 fully saturated rings. The van der Waals surface area contributed by atoms with Gasteiger partial charge in [0, 0.05) is 0 Å². The average molecular weight is 211 g/mol. The molecule has 0 saturated heterocycles. The minimum absolute atomic E-state index is 0.135. The quantitative estimate of drug-likeness (QED) is 0.601. The number of carboxylic acid groups (broad SMARTS) is 1. The summed E-state index contributed by atoms with van der Waals surface area (Å²) in [6.45, 7) is 0. The van der Waals surface area contributed by atoms with Crippen molar-refractivity contribution in [3.8, 4) is 0 Å². The van der Waals surface area contributed by atoms with E-state index in [2.05, 4.69) is 5.48 Å². The largest absolute Gasteiger partial charge is 0.480 e. The predicted octanol–water partition coefficient (Wildman–Crippen LogP) is 1.24. The molecule has 3 N–H and O–H groups in total. The molecule has 4 bridgehead atoms. The topological polar surface area (TPSA) is 69.6 Å². The van der Waals surface area contributed by atoms with Crippen molar-refractivity contribution in [3.05, 3.63) is 0 Å². The number of carboxylic acids is 1. The van der Waals surface area contributed by atoms with Gasteiger partial charge in [0.1, 0.15) is 5.54 Å². The van der Waals surface area contributed by atoms with Crippen LogP contribution in [0.25, 0.3) is 0 Å². The summed E-state index contributed by atoms with van der Waals surface area (Å²) in [5.74, 6) is 0.841. The summed E-state index contributed by atoms with van der Waals surface area (Å²) in [4.78, 5) is 11.4. The van der Waals surface area contributed by atoms with E-state index in [1.165, 1.54) is 6.42 Å². The summed E-state index contributed by atoms with van der Waals surface area (Å²) in [7, 11) is 0. The first-order chi connectivity index (χ1) is 7.16. The fourth-order valence-electron chi connectivity index (χ4n) is 4.51. The first kappa shape index (κ1) is 9.60. The molecule has 0 atom stereocenters. The summed E-state index contributed by atoms with van der Waals surface area (Å²) in [5, 5.41) is 18.7. The van der Waals surface area contributed by atoms with E-state index in [9.17, 15) is 15.1 Å². The second-order valence-electron chi connectivity index (χ2n) is 5.59. The number of nitrogens with one attached hydrogen (secondary N) is 1. The normalized spacial score (nSPS) is 52.1. The van der Waals surface area contributed by atoms with E-state index in [0.717, 1.165) is 25.7 Å². The molecular formula is C11H17NO3. The summed E-state index contributed by atoms with van der Waals surface area (Å²) < 4.78 is 0. The van der Waals surface area contributed by atoms with Gasteiger partial charge in [-0.15, -0.1) is 0 Å². The van der Waals surface area contributed by atoms with Crippen molar-refractivity contribution in [1.29, 1.82) is 0 Å². The zero-order valence-corrected chi connectivity index (χ0v) is 8.65. The van der Waals surface area contributed by atoms with E-state index in [4.69, 9.17) is 0 Å². The number of hydroxylamine groups is 1.